The molecule has 104 valence electrons. The lowest BCUT2D eigenvalue weighted by molar-refractivity contribution is 0.103. The van der Waals surface area contributed by atoms with Crippen molar-refractivity contribution in [3.8, 4) is 0 Å². The molecule has 0 atom stereocenters. The second-order valence-corrected chi connectivity index (χ2v) is 5.47. The first-order chi connectivity index (χ1) is 10.2. The number of anilines is 2. The number of hydrogen-bond donors (Lipinski definition) is 1. The van der Waals surface area contributed by atoms with Gasteiger partial charge in [0.15, 0.2) is 5.13 Å². The number of benzene rings is 1. The Morgan fingerprint density at radius 1 is 1.10 bits per heavy atom. The molecule has 0 aliphatic rings. The Morgan fingerprint density at radius 3 is 2.57 bits per heavy atom. The summed E-state index contributed by atoms with van der Waals surface area (Å²) in [6, 6.07) is 15.1. The van der Waals surface area contributed by atoms with Crippen LogP contribution in [-0.2, 0) is 0 Å². The summed E-state index contributed by atoms with van der Waals surface area (Å²) in [5, 5.41) is 3.91. The van der Waals surface area contributed by atoms with Crippen molar-refractivity contribution < 1.29 is 4.79 Å². The van der Waals surface area contributed by atoms with E-state index in [0.29, 0.717) is 21.4 Å². The van der Waals surface area contributed by atoms with Gasteiger partial charge >= 0.3 is 0 Å². The third-order valence-corrected chi connectivity index (χ3v) is 4.00. The van der Waals surface area contributed by atoms with Crippen LogP contribution in [0.25, 0.3) is 0 Å². The lowest BCUT2D eigenvalue weighted by Gasteiger charge is -2.00. The fourth-order valence-electron chi connectivity index (χ4n) is 1.92. The van der Waals surface area contributed by atoms with Gasteiger partial charge in [0, 0.05) is 11.9 Å². The molecule has 2 heterocycles. The van der Waals surface area contributed by atoms with E-state index in [9.17, 15) is 4.79 Å². The van der Waals surface area contributed by atoms with Crippen LogP contribution in [0.3, 0.4) is 0 Å². The zero-order valence-corrected chi connectivity index (χ0v) is 12.2. The summed E-state index contributed by atoms with van der Waals surface area (Å²) in [7, 11) is 0. The zero-order valence-electron chi connectivity index (χ0n) is 11.4. The van der Waals surface area contributed by atoms with E-state index in [2.05, 4.69) is 15.3 Å². The molecule has 0 radical (unpaired) electrons. The van der Waals surface area contributed by atoms with Crippen LogP contribution < -0.4 is 5.32 Å². The molecule has 0 aliphatic carbocycles. The summed E-state index contributed by atoms with van der Waals surface area (Å²) in [5.74, 6) is -0.0910. The minimum atomic E-state index is -0.0910. The van der Waals surface area contributed by atoms with Crippen LogP contribution in [0.1, 0.15) is 21.1 Å². The Bertz CT molecular complexity index is 754. The lowest BCUT2D eigenvalue weighted by Crippen LogP contribution is -2.02. The third-order valence-electron chi connectivity index (χ3n) is 2.93. The lowest BCUT2D eigenvalue weighted by atomic mass is 10.2. The van der Waals surface area contributed by atoms with Crippen LogP contribution in [0, 0.1) is 6.92 Å². The Hall–Kier alpha value is -2.53. The summed E-state index contributed by atoms with van der Waals surface area (Å²) in [6.45, 7) is 1.84. The molecule has 0 saturated heterocycles. The maximum Gasteiger partial charge on any atom is 0.223 e. The predicted octanol–water partition coefficient (Wildman–Crippen LogP) is 3.82. The van der Waals surface area contributed by atoms with Gasteiger partial charge in [-0.05, 0) is 31.2 Å². The van der Waals surface area contributed by atoms with Crippen molar-refractivity contribution in [2.45, 2.75) is 6.92 Å². The van der Waals surface area contributed by atoms with Gasteiger partial charge in [-0.15, -0.1) is 0 Å². The first kappa shape index (κ1) is 13.5. The van der Waals surface area contributed by atoms with Crippen molar-refractivity contribution in [3.05, 3.63) is 71.0 Å². The standard InChI is InChI=1S/C16H13N3OS/c1-11-15(14(20)13-9-5-6-10-17-13)21-16(18-11)19-12-7-3-2-4-8-12/h2-10H,1H3,(H,18,19). The number of carbonyl (C=O) groups excluding carboxylic acids is 1. The molecule has 21 heavy (non-hydrogen) atoms. The van der Waals surface area contributed by atoms with Gasteiger partial charge in [-0.3, -0.25) is 9.78 Å². The predicted molar refractivity (Wildman–Crippen MR) is 84.2 cm³/mol. The summed E-state index contributed by atoms with van der Waals surface area (Å²) >= 11 is 1.35. The average Bonchev–Trinajstić information content (AvgIpc) is 2.89. The van der Waals surface area contributed by atoms with Gasteiger partial charge in [-0.1, -0.05) is 35.6 Å². The number of ketones is 1. The number of thiazole rings is 1. The second-order valence-electron chi connectivity index (χ2n) is 4.47. The van der Waals surface area contributed by atoms with Crippen molar-refractivity contribution in [2.24, 2.45) is 0 Å². The van der Waals surface area contributed by atoms with E-state index in [4.69, 9.17) is 0 Å². The van der Waals surface area contributed by atoms with Gasteiger partial charge in [0.25, 0.3) is 0 Å². The Kier molecular flexibility index (Phi) is 3.75. The molecule has 0 bridgehead atoms. The second kappa shape index (κ2) is 5.85. The molecule has 2 aromatic heterocycles. The molecule has 1 N–H and O–H groups in total. The van der Waals surface area contributed by atoms with E-state index in [-0.39, 0.29) is 5.78 Å². The summed E-state index contributed by atoms with van der Waals surface area (Å²) in [5.41, 5.74) is 2.10. The molecule has 0 unspecified atom stereocenters. The normalized spacial score (nSPS) is 10.3. The van der Waals surface area contributed by atoms with Gasteiger partial charge in [0.1, 0.15) is 10.6 Å². The molecule has 3 aromatic rings. The largest absolute Gasteiger partial charge is 0.332 e. The summed E-state index contributed by atoms with van der Waals surface area (Å²) in [6.07, 6.45) is 1.62. The smallest absolute Gasteiger partial charge is 0.223 e. The van der Waals surface area contributed by atoms with Gasteiger partial charge in [0.2, 0.25) is 5.78 Å². The van der Waals surface area contributed by atoms with Crippen LogP contribution in [0.5, 0.6) is 0 Å². The Morgan fingerprint density at radius 2 is 1.86 bits per heavy atom. The molecule has 5 heteroatoms. The van der Waals surface area contributed by atoms with E-state index >= 15 is 0 Å². The topological polar surface area (TPSA) is 54.9 Å². The highest BCUT2D eigenvalue weighted by Gasteiger charge is 2.17. The fraction of sp³-hybridized carbons (Fsp3) is 0.0625. The molecule has 0 saturated carbocycles. The van der Waals surface area contributed by atoms with Crippen molar-refractivity contribution in [1.29, 1.82) is 0 Å². The molecule has 0 fully saturated rings. The third kappa shape index (κ3) is 2.98. The highest BCUT2D eigenvalue weighted by molar-refractivity contribution is 7.17. The van der Waals surface area contributed by atoms with E-state index in [1.165, 1.54) is 11.3 Å². The molecule has 3 rings (SSSR count). The first-order valence-electron chi connectivity index (χ1n) is 6.49. The van der Waals surface area contributed by atoms with Crippen molar-refractivity contribution in [3.63, 3.8) is 0 Å². The minimum Gasteiger partial charge on any atom is -0.332 e. The Balaban J connectivity index is 1.86. The van der Waals surface area contributed by atoms with Crippen molar-refractivity contribution in [1.82, 2.24) is 9.97 Å². The summed E-state index contributed by atoms with van der Waals surface area (Å²) < 4.78 is 0. The minimum absolute atomic E-state index is 0.0910. The molecule has 0 aliphatic heterocycles. The number of nitrogens with one attached hydrogen (secondary N) is 1. The number of aromatic nitrogens is 2. The molecular weight excluding hydrogens is 282 g/mol. The van der Waals surface area contributed by atoms with E-state index in [1.807, 2.05) is 37.3 Å². The van der Waals surface area contributed by atoms with Gasteiger partial charge in [-0.25, -0.2) is 4.98 Å². The van der Waals surface area contributed by atoms with E-state index < -0.39 is 0 Å². The van der Waals surface area contributed by atoms with Crippen LogP contribution in [0.15, 0.2) is 54.7 Å². The quantitative estimate of drug-likeness (QED) is 0.743. The Labute approximate surface area is 126 Å². The van der Waals surface area contributed by atoms with Crippen molar-refractivity contribution >= 4 is 27.9 Å². The highest BCUT2D eigenvalue weighted by atomic mass is 32.1. The molecule has 0 amide bonds. The van der Waals surface area contributed by atoms with Crippen LogP contribution in [0.2, 0.25) is 0 Å². The highest BCUT2D eigenvalue weighted by Crippen LogP contribution is 2.27. The summed E-state index contributed by atoms with van der Waals surface area (Å²) in [4.78, 5) is 21.5. The number of para-hydroxylation sites is 1. The van der Waals surface area contributed by atoms with Gasteiger partial charge in [0.05, 0.1) is 5.69 Å². The molecule has 0 spiro atoms. The molecule has 4 nitrogen and oxygen atoms in total. The average molecular weight is 295 g/mol. The van der Waals surface area contributed by atoms with Crippen LogP contribution in [0.4, 0.5) is 10.8 Å². The van der Waals surface area contributed by atoms with Crippen molar-refractivity contribution in [2.75, 3.05) is 5.32 Å². The number of hydrogen-bond acceptors (Lipinski definition) is 5. The monoisotopic (exact) mass is 295 g/mol. The number of aryl methyl sites for hydroxylation is 1. The zero-order chi connectivity index (χ0) is 14.7. The number of rotatable bonds is 4. The fourth-order valence-corrected chi connectivity index (χ4v) is 2.85. The van der Waals surface area contributed by atoms with Crippen LogP contribution >= 0.6 is 11.3 Å². The number of carbonyl (C=O) groups is 1. The van der Waals surface area contributed by atoms with Crippen LogP contribution in [-0.4, -0.2) is 15.8 Å². The first-order valence-corrected chi connectivity index (χ1v) is 7.31. The van der Waals surface area contributed by atoms with E-state index in [1.54, 1.807) is 24.4 Å². The molecule has 1 aromatic carbocycles. The molecular formula is C16H13N3OS. The number of nitrogens with zero attached hydrogens (tertiary/aromatic N) is 2. The van der Waals surface area contributed by atoms with Gasteiger partial charge in [-0.2, -0.15) is 0 Å². The SMILES string of the molecule is Cc1nc(Nc2ccccc2)sc1C(=O)c1ccccn1. The van der Waals surface area contributed by atoms with E-state index in [0.717, 1.165) is 5.69 Å². The maximum absolute atomic E-state index is 12.4. The number of pyridine rings is 1. The van der Waals surface area contributed by atoms with Gasteiger partial charge < -0.3 is 5.32 Å². The maximum atomic E-state index is 12.4.